The first-order valence-electron chi connectivity index (χ1n) is 15.7. The van der Waals surface area contributed by atoms with E-state index in [9.17, 15) is 22.0 Å². The predicted octanol–water partition coefficient (Wildman–Crippen LogP) is 9.07. The van der Waals surface area contributed by atoms with E-state index in [-0.39, 0.29) is 49.5 Å². The smallest absolute Gasteiger partial charge is 0.395 e. The molecule has 0 aromatic carbocycles. The van der Waals surface area contributed by atoms with Crippen LogP contribution in [0, 0.1) is 29.6 Å². The number of aliphatic hydroxyl groups is 2. The fourth-order valence-corrected chi connectivity index (χ4v) is 5.67. The number of ether oxygens (including phenoxy) is 2. The molecular weight excluding hydrogens is 567 g/mol. The molecule has 2 aliphatic carbocycles. The van der Waals surface area contributed by atoms with Crippen LogP contribution in [0.1, 0.15) is 86.0 Å². The first-order chi connectivity index (χ1) is 20.3. The number of aliphatic hydroxyl groups excluding tert-OH is 1. The molecule has 9 heteroatoms. The van der Waals surface area contributed by atoms with E-state index in [1.165, 1.54) is 6.08 Å². The van der Waals surface area contributed by atoms with E-state index in [0.717, 1.165) is 24.8 Å². The van der Waals surface area contributed by atoms with Gasteiger partial charge in [-0.15, -0.1) is 0 Å². The maximum atomic E-state index is 13.7. The molecule has 4 nitrogen and oxygen atoms in total. The van der Waals surface area contributed by atoms with Gasteiger partial charge in [-0.1, -0.05) is 76.1 Å². The van der Waals surface area contributed by atoms with Crippen LogP contribution in [0.25, 0.3) is 0 Å². The van der Waals surface area contributed by atoms with Gasteiger partial charge in [-0.05, 0) is 68.4 Å². The zero-order chi connectivity index (χ0) is 32.2. The zero-order valence-corrected chi connectivity index (χ0v) is 26.2. The third-order valence-electron chi connectivity index (χ3n) is 8.99. The zero-order valence-electron chi connectivity index (χ0n) is 26.2. The number of rotatable bonds is 17. The Hall–Kier alpha value is -1.97. The summed E-state index contributed by atoms with van der Waals surface area (Å²) < 4.78 is 80.4. The average molecular weight is 619 g/mol. The lowest BCUT2D eigenvalue weighted by Gasteiger charge is -2.34. The van der Waals surface area contributed by atoms with E-state index in [0.29, 0.717) is 24.4 Å². The van der Waals surface area contributed by atoms with E-state index in [1.807, 2.05) is 58.9 Å². The maximum absolute atomic E-state index is 13.7. The third-order valence-corrected chi connectivity index (χ3v) is 8.99. The Morgan fingerprint density at radius 1 is 1.14 bits per heavy atom. The van der Waals surface area contributed by atoms with Crippen molar-refractivity contribution in [1.29, 1.82) is 0 Å². The van der Waals surface area contributed by atoms with Gasteiger partial charge in [-0.3, -0.25) is 0 Å². The number of allylic oxidation sites excluding steroid dienone is 6. The summed E-state index contributed by atoms with van der Waals surface area (Å²) in [6, 6.07) is 0. The Morgan fingerprint density at radius 2 is 1.86 bits per heavy atom. The maximum Gasteiger partial charge on any atom is 0.395 e. The Morgan fingerprint density at radius 3 is 2.47 bits per heavy atom. The molecule has 0 saturated heterocycles. The third kappa shape index (κ3) is 12.5. The molecule has 0 aromatic heterocycles. The highest BCUT2D eigenvalue weighted by Gasteiger charge is 2.41. The SMILES string of the molecule is C/C=C(\CCCO[C@H]1C=CC=C(O[C@H]2CCC(C(F)(F)F)C=C2/C=C/C(CC(F)F)[C@@H](C)[C@@H](C)CC)[C@@H]1C)CCC(O)O. The molecular formula is C34H51F5O4. The van der Waals surface area contributed by atoms with Crippen molar-refractivity contribution >= 4 is 0 Å². The average Bonchev–Trinajstić information content (AvgIpc) is 2.95. The summed E-state index contributed by atoms with van der Waals surface area (Å²) in [5, 5.41) is 18.2. The second-order valence-corrected chi connectivity index (χ2v) is 12.0. The minimum absolute atomic E-state index is 0.0495. The van der Waals surface area contributed by atoms with Crippen LogP contribution in [0.2, 0.25) is 0 Å². The van der Waals surface area contributed by atoms with Crippen LogP contribution in [0.5, 0.6) is 0 Å². The fourth-order valence-electron chi connectivity index (χ4n) is 5.67. The lowest BCUT2D eigenvalue weighted by atomic mass is 9.79. The molecule has 0 aliphatic heterocycles. The van der Waals surface area contributed by atoms with Crippen LogP contribution in [-0.4, -0.2) is 47.9 Å². The molecule has 0 radical (unpaired) electrons. The Labute approximate surface area is 254 Å². The van der Waals surface area contributed by atoms with Crippen molar-refractivity contribution in [2.75, 3.05) is 6.61 Å². The molecule has 2 rings (SSSR count). The minimum atomic E-state index is -4.39. The molecule has 0 fully saturated rings. The first-order valence-corrected chi connectivity index (χ1v) is 15.7. The molecule has 0 aromatic rings. The highest BCUT2D eigenvalue weighted by atomic mass is 19.4. The van der Waals surface area contributed by atoms with Gasteiger partial charge in [0.25, 0.3) is 0 Å². The minimum Gasteiger partial charge on any atom is -0.490 e. The molecule has 2 N–H and O–H groups in total. The highest BCUT2D eigenvalue weighted by Crippen LogP contribution is 2.40. The van der Waals surface area contributed by atoms with Gasteiger partial charge < -0.3 is 19.7 Å². The molecule has 0 spiro atoms. The summed E-state index contributed by atoms with van der Waals surface area (Å²) in [4.78, 5) is 0. The summed E-state index contributed by atoms with van der Waals surface area (Å²) in [5.41, 5.74) is 1.50. The van der Waals surface area contributed by atoms with Crippen LogP contribution in [0.4, 0.5) is 22.0 Å². The van der Waals surface area contributed by atoms with E-state index in [4.69, 9.17) is 19.7 Å². The van der Waals surface area contributed by atoms with Crippen molar-refractivity contribution in [2.45, 2.75) is 117 Å². The lowest BCUT2D eigenvalue weighted by molar-refractivity contribution is -0.165. The van der Waals surface area contributed by atoms with Gasteiger partial charge >= 0.3 is 6.18 Å². The Kier molecular flexibility index (Phi) is 15.7. The topological polar surface area (TPSA) is 58.9 Å². The van der Waals surface area contributed by atoms with E-state index >= 15 is 0 Å². The number of halogens is 5. The lowest BCUT2D eigenvalue weighted by Crippen LogP contribution is -2.32. The van der Waals surface area contributed by atoms with Crippen molar-refractivity contribution in [3.05, 3.63) is 59.4 Å². The fraction of sp³-hybridized carbons (Fsp3) is 0.706. The van der Waals surface area contributed by atoms with Crippen molar-refractivity contribution < 1.29 is 41.6 Å². The van der Waals surface area contributed by atoms with Gasteiger partial charge in [0, 0.05) is 25.4 Å². The summed E-state index contributed by atoms with van der Waals surface area (Å²) in [5.74, 6) is -1.48. The van der Waals surface area contributed by atoms with E-state index < -0.39 is 36.8 Å². The Balaban J connectivity index is 2.12. The summed E-state index contributed by atoms with van der Waals surface area (Å²) in [6.45, 7) is 10.3. The van der Waals surface area contributed by atoms with Gasteiger partial charge in [0.1, 0.15) is 11.9 Å². The summed E-state index contributed by atoms with van der Waals surface area (Å²) in [6.07, 6.45) is 5.84. The van der Waals surface area contributed by atoms with Crippen molar-refractivity contribution in [3.63, 3.8) is 0 Å². The second-order valence-electron chi connectivity index (χ2n) is 12.0. The Bertz CT molecular complexity index is 982. The van der Waals surface area contributed by atoms with Crippen LogP contribution in [-0.2, 0) is 9.47 Å². The summed E-state index contributed by atoms with van der Waals surface area (Å²) in [7, 11) is 0. The van der Waals surface area contributed by atoms with Crippen molar-refractivity contribution in [3.8, 4) is 0 Å². The van der Waals surface area contributed by atoms with Crippen LogP contribution < -0.4 is 0 Å². The van der Waals surface area contributed by atoms with Gasteiger partial charge in [-0.25, -0.2) is 8.78 Å². The van der Waals surface area contributed by atoms with Gasteiger partial charge in [0.05, 0.1) is 12.0 Å². The molecule has 0 heterocycles. The van der Waals surface area contributed by atoms with E-state index in [2.05, 4.69) is 0 Å². The van der Waals surface area contributed by atoms with Crippen molar-refractivity contribution in [1.82, 2.24) is 0 Å². The van der Waals surface area contributed by atoms with Gasteiger partial charge in [0.2, 0.25) is 6.43 Å². The second kappa shape index (κ2) is 18.1. The first kappa shape index (κ1) is 37.2. The number of hydrogen-bond donors (Lipinski definition) is 2. The molecule has 43 heavy (non-hydrogen) atoms. The van der Waals surface area contributed by atoms with E-state index in [1.54, 1.807) is 12.2 Å². The summed E-state index contributed by atoms with van der Waals surface area (Å²) >= 11 is 0. The van der Waals surface area contributed by atoms with Gasteiger partial charge in [-0.2, -0.15) is 13.2 Å². The monoisotopic (exact) mass is 618 g/mol. The van der Waals surface area contributed by atoms with Crippen molar-refractivity contribution in [2.24, 2.45) is 29.6 Å². The standard InChI is InChI=1S/C34H51F5O4/c1-6-22(3)23(4)26(21-32(35)36)14-15-27-20-28(34(37,38)39)16-17-31(27)43-30-12-8-11-29(24(30)5)42-19-9-10-25(7-2)13-18-33(40)41/h7-8,11-12,14-15,20,22-24,26,28-29,31-33,40-41H,6,9-10,13,16-19,21H2,1-5H3/b15-14+,25-7+/t22-,23-,24+,26?,28?,29-,31-/m0/s1. The molecule has 246 valence electrons. The molecule has 7 atom stereocenters. The largest absolute Gasteiger partial charge is 0.490 e. The molecule has 0 amide bonds. The highest BCUT2D eigenvalue weighted by molar-refractivity contribution is 5.29. The normalized spacial score (nSPS) is 25.7. The van der Waals surface area contributed by atoms with Crippen LogP contribution in [0.15, 0.2) is 59.4 Å². The molecule has 2 unspecified atom stereocenters. The van der Waals surface area contributed by atoms with Crippen LogP contribution >= 0.6 is 0 Å². The predicted molar refractivity (Wildman–Crippen MR) is 160 cm³/mol. The molecule has 2 aliphatic rings. The number of alkyl halides is 5. The quantitative estimate of drug-likeness (QED) is 0.0739. The molecule has 0 bridgehead atoms. The van der Waals surface area contributed by atoms with Gasteiger partial charge in [0.15, 0.2) is 6.29 Å². The molecule has 0 saturated carbocycles. The van der Waals surface area contributed by atoms with Crippen LogP contribution in [0.3, 0.4) is 0 Å². The number of hydrogen-bond acceptors (Lipinski definition) is 4.